The summed E-state index contributed by atoms with van der Waals surface area (Å²) in [6.07, 6.45) is 0.854. The Hall–Kier alpha value is -2.40. The van der Waals surface area contributed by atoms with E-state index in [1.165, 1.54) is 0 Å². The Bertz CT molecular complexity index is 626. The predicted octanol–water partition coefficient (Wildman–Crippen LogP) is 3.83. The lowest BCUT2D eigenvalue weighted by atomic mass is 10.0. The molecule has 2 aromatic carbocycles. The second kappa shape index (κ2) is 4.94. The topological polar surface area (TPSA) is 36.1 Å². The van der Waals surface area contributed by atoms with Crippen LogP contribution in [0.4, 0.5) is 0 Å². The van der Waals surface area contributed by atoms with Crippen LogP contribution in [0.3, 0.4) is 0 Å². The van der Waals surface area contributed by atoms with Crippen molar-refractivity contribution >= 4 is 5.71 Å². The summed E-state index contributed by atoms with van der Waals surface area (Å²) in [5.41, 5.74) is 2.51. The minimum atomic E-state index is -0.527. The lowest BCUT2D eigenvalue weighted by Crippen LogP contribution is -2.12. The molecule has 0 amide bonds. The molecular weight excluding hydrogens is 244 g/mol. The van der Waals surface area contributed by atoms with Crippen LogP contribution in [0.1, 0.15) is 24.5 Å². The Kier molecular flexibility index (Phi) is 3.12. The summed E-state index contributed by atoms with van der Waals surface area (Å²) in [5, 5.41) is 9.41. The zero-order valence-corrected chi connectivity index (χ0v) is 11.5. The third-order valence-corrected chi connectivity index (χ3v) is 3.87. The van der Waals surface area contributed by atoms with Crippen LogP contribution in [0.2, 0.25) is 0 Å². The molecule has 1 aliphatic rings. The number of nitriles is 1. The molecule has 0 N–H and O–H groups in total. The molecule has 1 saturated carbocycles. The van der Waals surface area contributed by atoms with Gasteiger partial charge in [-0.15, -0.1) is 0 Å². The lowest BCUT2D eigenvalue weighted by Gasteiger charge is -2.10. The van der Waals surface area contributed by atoms with Gasteiger partial charge in [-0.1, -0.05) is 67.6 Å². The van der Waals surface area contributed by atoms with Crippen molar-refractivity contribution in [2.45, 2.75) is 18.9 Å². The molecule has 2 heteroatoms. The van der Waals surface area contributed by atoms with Crippen molar-refractivity contribution in [3.05, 3.63) is 71.8 Å². The van der Waals surface area contributed by atoms with Gasteiger partial charge in [-0.25, -0.2) is 0 Å². The summed E-state index contributed by atoms with van der Waals surface area (Å²) < 4.78 is 0. The summed E-state index contributed by atoms with van der Waals surface area (Å²) in [4.78, 5) is 4.82. The highest BCUT2D eigenvalue weighted by Crippen LogP contribution is 2.46. The summed E-state index contributed by atoms with van der Waals surface area (Å²) in [7, 11) is 0. The molecule has 0 bridgehead atoms. The minimum absolute atomic E-state index is 0.343. The first-order valence-corrected chi connectivity index (χ1v) is 6.87. The van der Waals surface area contributed by atoms with E-state index in [1.807, 2.05) is 60.7 Å². The largest absolute Gasteiger partial charge is 0.262 e. The van der Waals surface area contributed by atoms with E-state index in [0.29, 0.717) is 5.92 Å². The molecule has 2 nitrogen and oxygen atoms in total. The number of hydrogen-bond donors (Lipinski definition) is 0. The van der Waals surface area contributed by atoms with Crippen LogP contribution in [0.15, 0.2) is 65.7 Å². The maximum Gasteiger partial charge on any atom is 0.150 e. The molecular formula is C18H16N2. The highest BCUT2D eigenvalue weighted by molar-refractivity contribution is 6.13. The van der Waals surface area contributed by atoms with Crippen molar-refractivity contribution in [3.8, 4) is 6.07 Å². The molecule has 0 saturated heterocycles. The fourth-order valence-corrected chi connectivity index (χ4v) is 2.43. The molecule has 0 aliphatic heterocycles. The molecule has 1 fully saturated rings. The van der Waals surface area contributed by atoms with Gasteiger partial charge in [-0.05, 0) is 12.3 Å². The Morgan fingerprint density at radius 3 is 1.85 bits per heavy atom. The second-order valence-electron chi connectivity index (χ2n) is 5.33. The van der Waals surface area contributed by atoms with Gasteiger partial charge >= 0.3 is 0 Å². The molecule has 0 radical (unpaired) electrons. The van der Waals surface area contributed by atoms with Gasteiger partial charge in [-0.3, -0.25) is 4.99 Å². The molecule has 0 aromatic heterocycles. The predicted molar refractivity (Wildman–Crippen MR) is 80.6 cm³/mol. The van der Waals surface area contributed by atoms with Crippen LogP contribution in [0.5, 0.6) is 0 Å². The third-order valence-electron chi connectivity index (χ3n) is 3.87. The van der Waals surface area contributed by atoms with Gasteiger partial charge in [0.05, 0.1) is 11.8 Å². The summed E-state index contributed by atoms with van der Waals surface area (Å²) in [5.74, 6) is 0.343. The van der Waals surface area contributed by atoms with Crippen molar-refractivity contribution in [1.29, 1.82) is 5.26 Å². The highest BCUT2D eigenvalue weighted by atomic mass is 15.0. The van der Waals surface area contributed by atoms with Gasteiger partial charge in [0.15, 0.2) is 5.54 Å². The van der Waals surface area contributed by atoms with Crippen LogP contribution in [0, 0.1) is 17.2 Å². The minimum Gasteiger partial charge on any atom is -0.262 e. The van der Waals surface area contributed by atoms with E-state index in [9.17, 15) is 5.26 Å². The van der Waals surface area contributed by atoms with Crippen LogP contribution in [-0.4, -0.2) is 11.3 Å². The lowest BCUT2D eigenvalue weighted by molar-refractivity contribution is 0.774. The van der Waals surface area contributed by atoms with Gasteiger partial charge in [0.2, 0.25) is 0 Å². The standard InChI is InChI=1S/C18H16N2/c1-14-12-18(14,13-19)20-17(15-8-4-2-5-9-15)16-10-6-3-7-11-16/h2-11,14H,12H2,1H3/t14-,18-/m1/s1. The van der Waals surface area contributed by atoms with Crippen molar-refractivity contribution in [1.82, 2.24) is 0 Å². The summed E-state index contributed by atoms with van der Waals surface area (Å²) >= 11 is 0. The normalized spacial score (nSPS) is 23.7. The van der Waals surface area contributed by atoms with Crippen LogP contribution in [0.25, 0.3) is 0 Å². The number of nitrogens with zero attached hydrogens (tertiary/aromatic N) is 2. The zero-order chi connectivity index (χ0) is 14.0. The smallest absolute Gasteiger partial charge is 0.150 e. The fraction of sp³-hybridized carbons (Fsp3) is 0.222. The number of aliphatic imine (C=N–C) groups is 1. The van der Waals surface area contributed by atoms with E-state index in [2.05, 4.69) is 13.0 Å². The van der Waals surface area contributed by atoms with Crippen LogP contribution < -0.4 is 0 Å². The maximum atomic E-state index is 9.41. The summed E-state index contributed by atoms with van der Waals surface area (Å²) in [6.45, 7) is 2.08. The van der Waals surface area contributed by atoms with Crippen LogP contribution >= 0.6 is 0 Å². The van der Waals surface area contributed by atoms with Gasteiger partial charge in [0.25, 0.3) is 0 Å². The van der Waals surface area contributed by atoms with Crippen LogP contribution in [-0.2, 0) is 0 Å². The SMILES string of the molecule is C[C@@H]1C[C@]1(C#N)N=C(c1ccccc1)c1ccccc1. The summed E-state index contributed by atoms with van der Waals surface area (Å²) in [6, 6.07) is 22.6. The van der Waals surface area contributed by atoms with Gasteiger partial charge < -0.3 is 0 Å². The molecule has 0 heterocycles. The Labute approximate surface area is 119 Å². The van der Waals surface area contributed by atoms with Gasteiger partial charge in [-0.2, -0.15) is 5.26 Å². The third kappa shape index (κ3) is 2.23. The van der Waals surface area contributed by atoms with Gasteiger partial charge in [0.1, 0.15) is 0 Å². The first-order valence-electron chi connectivity index (χ1n) is 6.87. The molecule has 2 aromatic rings. The molecule has 1 aliphatic carbocycles. The first kappa shape index (κ1) is 12.6. The molecule has 3 rings (SSSR count). The van der Waals surface area contributed by atoms with Crippen molar-refractivity contribution < 1.29 is 0 Å². The number of rotatable bonds is 3. The quantitative estimate of drug-likeness (QED) is 0.773. The monoisotopic (exact) mass is 260 g/mol. The number of benzene rings is 2. The van der Waals surface area contributed by atoms with E-state index in [0.717, 1.165) is 23.3 Å². The van der Waals surface area contributed by atoms with E-state index in [1.54, 1.807) is 0 Å². The Balaban J connectivity index is 2.11. The second-order valence-corrected chi connectivity index (χ2v) is 5.33. The Morgan fingerprint density at radius 2 is 1.50 bits per heavy atom. The van der Waals surface area contributed by atoms with E-state index < -0.39 is 5.54 Å². The van der Waals surface area contributed by atoms with E-state index in [-0.39, 0.29) is 0 Å². The van der Waals surface area contributed by atoms with Crippen molar-refractivity contribution in [2.75, 3.05) is 0 Å². The van der Waals surface area contributed by atoms with Gasteiger partial charge in [0, 0.05) is 11.1 Å². The molecule has 0 unspecified atom stereocenters. The van der Waals surface area contributed by atoms with E-state index >= 15 is 0 Å². The fourth-order valence-electron chi connectivity index (χ4n) is 2.43. The van der Waals surface area contributed by atoms with Crippen molar-refractivity contribution in [3.63, 3.8) is 0 Å². The van der Waals surface area contributed by atoms with Crippen molar-refractivity contribution in [2.24, 2.45) is 10.9 Å². The average Bonchev–Trinajstić information content (AvgIpc) is 3.17. The average molecular weight is 260 g/mol. The molecule has 20 heavy (non-hydrogen) atoms. The number of hydrogen-bond acceptors (Lipinski definition) is 2. The molecule has 98 valence electrons. The molecule has 0 spiro atoms. The molecule has 2 atom stereocenters. The maximum absolute atomic E-state index is 9.41. The highest BCUT2D eigenvalue weighted by Gasteiger charge is 2.52. The Morgan fingerprint density at radius 1 is 1.05 bits per heavy atom. The zero-order valence-electron chi connectivity index (χ0n) is 11.5. The van der Waals surface area contributed by atoms with E-state index in [4.69, 9.17) is 4.99 Å². The first-order chi connectivity index (χ1) is 9.75.